The first kappa shape index (κ1) is 13.3. The van der Waals surface area contributed by atoms with Crippen molar-refractivity contribution in [3.8, 4) is 0 Å². The van der Waals surface area contributed by atoms with Crippen molar-refractivity contribution in [2.45, 2.75) is 51.0 Å². The zero-order valence-corrected chi connectivity index (χ0v) is 12.1. The molecule has 1 aliphatic carbocycles. The lowest BCUT2D eigenvalue weighted by atomic mass is 9.80. The molecular weight excluding hydrogens is 254 g/mol. The van der Waals surface area contributed by atoms with Gasteiger partial charge >= 0.3 is 0 Å². The minimum Gasteiger partial charge on any atom is -0.368 e. The molecule has 1 aromatic heterocycles. The van der Waals surface area contributed by atoms with Crippen LogP contribution >= 0.6 is 22.9 Å². The Labute approximate surface area is 112 Å². The molecule has 0 radical (unpaired) electrons. The highest BCUT2D eigenvalue weighted by Crippen LogP contribution is 2.43. The van der Waals surface area contributed by atoms with E-state index in [4.69, 9.17) is 16.3 Å². The summed E-state index contributed by atoms with van der Waals surface area (Å²) < 4.78 is 6.07. The lowest BCUT2D eigenvalue weighted by molar-refractivity contribution is -0.0776. The highest BCUT2D eigenvalue weighted by atomic mass is 35.5. The molecule has 1 fully saturated rings. The first-order valence-corrected chi connectivity index (χ1v) is 7.70. The van der Waals surface area contributed by atoms with Crippen LogP contribution in [-0.4, -0.2) is 11.6 Å². The molecule has 1 heterocycles. The zero-order chi connectivity index (χ0) is 12.3. The van der Waals surface area contributed by atoms with Crippen molar-refractivity contribution in [1.82, 2.24) is 4.98 Å². The van der Waals surface area contributed by atoms with Crippen molar-refractivity contribution in [2.24, 2.45) is 5.92 Å². The third-order valence-electron chi connectivity index (χ3n) is 3.58. The van der Waals surface area contributed by atoms with Crippen LogP contribution in [0.25, 0.3) is 0 Å². The van der Waals surface area contributed by atoms with Gasteiger partial charge in [-0.05, 0) is 38.5 Å². The maximum Gasteiger partial charge on any atom is 0.125 e. The molecule has 0 aliphatic heterocycles. The molecule has 0 atom stereocenters. The SMILES string of the molecule is CCOC1(c2ncc(CCl)s2)CCC(C)CC1. The van der Waals surface area contributed by atoms with Gasteiger partial charge in [-0.1, -0.05) is 6.92 Å². The summed E-state index contributed by atoms with van der Waals surface area (Å²) >= 11 is 7.57. The van der Waals surface area contributed by atoms with E-state index in [0.29, 0.717) is 5.88 Å². The molecular formula is C13H20ClNOS. The summed E-state index contributed by atoms with van der Waals surface area (Å²) in [6, 6.07) is 0. The van der Waals surface area contributed by atoms with E-state index in [2.05, 4.69) is 18.8 Å². The standard InChI is InChI=1S/C13H20ClNOS/c1-3-16-13(6-4-10(2)5-7-13)12-15-9-11(8-14)17-12/h9-10H,3-8H2,1-2H3. The number of alkyl halides is 1. The lowest BCUT2D eigenvalue weighted by Gasteiger charge is -2.37. The smallest absolute Gasteiger partial charge is 0.125 e. The molecule has 0 N–H and O–H groups in total. The Morgan fingerprint density at radius 2 is 2.24 bits per heavy atom. The summed E-state index contributed by atoms with van der Waals surface area (Å²) in [6.07, 6.45) is 6.55. The quantitative estimate of drug-likeness (QED) is 0.762. The van der Waals surface area contributed by atoms with Gasteiger partial charge in [0, 0.05) is 17.7 Å². The largest absolute Gasteiger partial charge is 0.368 e. The van der Waals surface area contributed by atoms with Gasteiger partial charge in [0.25, 0.3) is 0 Å². The van der Waals surface area contributed by atoms with Crippen molar-refractivity contribution in [1.29, 1.82) is 0 Å². The van der Waals surface area contributed by atoms with Crippen molar-refractivity contribution >= 4 is 22.9 Å². The van der Waals surface area contributed by atoms with Gasteiger partial charge in [-0.3, -0.25) is 0 Å². The Morgan fingerprint density at radius 3 is 2.76 bits per heavy atom. The minimum atomic E-state index is -0.129. The Balaban J connectivity index is 2.21. The second-order valence-corrected chi connectivity index (χ2v) is 6.26. The van der Waals surface area contributed by atoms with Crippen molar-refractivity contribution in [2.75, 3.05) is 6.61 Å². The van der Waals surface area contributed by atoms with Gasteiger partial charge in [0.2, 0.25) is 0 Å². The van der Waals surface area contributed by atoms with E-state index in [1.807, 2.05) is 6.20 Å². The summed E-state index contributed by atoms with van der Waals surface area (Å²) in [5, 5.41) is 1.13. The summed E-state index contributed by atoms with van der Waals surface area (Å²) in [5.74, 6) is 1.37. The second kappa shape index (κ2) is 5.68. The number of hydrogen-bond donors (Lipinski definition) is 0. The molecule has 2 rings (SSSR count). The fourth-order valence-electron chi connectivity index (χ4n) is 2.50. The van der Waals surface area contributed by atoms with Gasteiger partial charge in [-0.25, -0.2) is 4.98 Å². The lowest BCUT2D eigenvalue weighted by Crippen LogP contribution is -2.34. The molecule has 1 aliphatic rings. The number of thiazole rings is 1. The van der Waals surface area contributed by atoms with Crippen LogP contribution in [0.5, 0.6) is 0 Å². The van der Waals surface area contributed by atoms with E-state index < -0.39 is 0 Å². The van der Waals surface area contributed by atoms with Crippen molar-refractivity contribution in [3.05, 3.63) is 16.1 Å². The van der Waals surface area contributed by atoms with Crippen molar-refractivity contribution in [3.63, 3.8) is 0 Å². The third kappa shape index (κ3) is 2.83. The van der Waals surface area contributed by atoms with E-state index in [1.165, 1.54) is 12.8 Å². The third-order valence-corrected chi connectivity index (χ3v) is 5.21. The Kier molecular flexibility index (Phi) is 4.45. The summed E-state index contributed by atoms with van der Waals surface area (Å²) in [7, 11) is 0. The molecule has 0 amide bonds. The zero-order valence-electron chi connectivity index (χ0n) is 10.5. The predicted molar refractivity (Wildman–Crippen MR) is 72.6 cm³/mol. The van der Waals surface area contributed by atoms with Gasteiger partial charge < -0.3 is 4.74 Å². The fourth-order valence-corrected chi connectivity index (χ4v) is 3.70. The van der Waals surface area contributed by atoms with Crippen LogP contribution in [0.1, 0.15) is 49.4 Å². The van der Waals surface area contributed by atoms with E-state index in [9.17, 15) is 0 Å². The number of halogens is 1. The van der Waals surface area contributed by atoms with Gasteiger partial charge in [-0.15, -0.1) is 22.9 Å². The molecule has 1 saturated carbocycles. The maximum absolute atomic E-state index is 6.07. The number of hydrogen-bond acceptors (Lipinski definition) is 3. The van der Waals surface area contributed by atoms with Crippen LogP contribution < -0.4 is 0 Å². The van der Waals surface area contributed by atoms with Crippen molar-refractivity contribution < 1.29 is 4.74 Å². The van der Waals surface area contributed by atoms with Gasteiger partial charge in [0.1, 0.15) is 10.6 Å². The Hall–Kier alpha value is -0.120. The van der Waals surface area contributed by atoms with E-state index in [0.717, 1.165) is 35.3 Å². The van der Waals surface area contributed by atoms with Crippen LogP contribution in [0.2, 0.25) is 0 Å². The van der Waals surface area contributed by atoms with Gasteiger partial charge in [0.15, 0.2) is 0 Å². The van der Waals surface area contributed by atoms with Crippen LogP contribution in [0.4, 0.5) is 0 Å². The highest BCUT2D eigenvalue weighted by Gasteiger charge is 2.39. The molecule has 17 heavy (non-hydrogen) atoms. The normalized spacial score (nSPS) is 29.5. The molecule has 96 valence electrons. The molecule has 1 aromatic rings. The topological polar surface area (TPSA) is 22.1 Å². The number of ether oxygens (including phenoxy) is 1. The van der Waals surface area contributed by atoms with Crippen LogP contribution in [0.15, 0.2) is 6.20 Å². The number of rotatable bonds is 4. The van der Waals surface area contributed by atoms with Gasteiger partial charge in [-0.2, -0.15) is 0 Å². The Morgan fingerprint density at radius 1 is 1.53 bits per heavy atom. The summed E-state index contributed by atoms with van der Waals surface area (Å²) in [6.45, 7) is 5.14. The molecule has 0 saturated heterocycles. The molecule has 0 spiro atoms. The highest BCUT2D eigenvalue weighted by molar-refractivity contribution is 7.11. The molecule has 0 bridgehead atoms. The molecule has 0 aromatic carbocycles. The first-order valence-electron chi connectivity index (χ1n) is 6.35. The molecule has 0 unspecified atom stereocenters. The average molecular weight is 274 g/mol. The van der Waals surface area contributed by atoms with E-state index in [-0.39, 0.29) is 5.60 Å². The van der Waals surface area contributed by atoms with Crippen LogP contribution in [-0.2, 0) is 16.2 Å². The van der Waals surface area contributed by atoms with Gasteiger partial charge in [0.05, 0.1) is 5.88 Å². The Bertz CT molecular complexity index is 358. The average Bonchev–Trinajstić information content (AvgIpc) is 2.82. The molecule has 4 heteroatoms. The maximum atomic E-state index is 6.07. The van der Waals surface area contributed by atoms with E-state index in [1.54, 1.807) is 11.3 Å². The first-order chi connectivity index (χ1) is 8.20. The second-order valence-electron chi connectivity index (χ2n) is 4.88. The monoisotopic (exact) mass is 273 g/mol. The summed E-state index contributed by atoms with van der Waals surface area (Å²) in [5.41, 5.74) is -0.129. The number of nitrogens with zero attached hydrogens (tertiary/aromatic N) is 1. The number of aromatic nitrogens is 1. The fraction of sp³-hybridized carbons (Fsp3) is 0.769. The summed E-state index contributed by atoms with van der Waals surface area (Å²) in [4.78, 5) is 5.67. The minimum absolute atomic E-state index is 0.129. The van der Waals surface area contributed by atoms with Crippen LogP contribution in [0.3, 0.4) is 0 Å². The van der Waals surface area contributed by atoms with Crippen LogP contribution in [0, 0.1) is 5.92 Å². The molecule has 2 nitrogen and oxygen atoms in total. The van der Waals surface area contributed by atoms with E-state index >= 15 is 0 Å². The predicted octanol–water partition coefficient (Wildman–Crippen LogP) is 4.32.